The van der Waals surface area contributed by atoms with Gasteiger partial charge in [0.1, 0.15) is 0 Å². The third-order valence-corrected chi connectivity index (χ3v) is 3.79. The molecule has 0 aliphatic carbocycles. The fourth-order valence-electron chi connectivity index (χ4n) is 1.81. The maximum Gasteiger partial charge on any atom is 0.284 e. The summed E-state index contributed by atoms with van der Waals surface area (Å²) < 4.78 is 0.340. The number of benzene rings is 2. The fourth-order valence-corrected chi connectivity index (χ4v) is 2.20. The Labute approximate surface area is 144 Å². The minimum Gasteiger partial charge on any atom is -0.504 e. The molecule has 9 heteroatoms. The molecular formula is C15H12BrN3O5. The summed E-state index contributed by atoms with van der Waals surface area (Å²) >= 11 is 3.09. The van der Waals surface area contributed by atoms with E-state index >= 15 is 0 Å². The number of hydrogen-bond acceptors (Lipinski definition) is 6. The van der Waals surface area contributed by atoms with Crippen molar-refractivity contribution in [3.8, 4) is 11.5 Å². The summed E-state index contributed by atoms with van der Waals surface area (Å²) in [6, 6.07) is 8.07. The summed E-state index contributed by atoms with van der Waals surface area (Å²) in [7, 11) is 0. The van der Waals surface area contributed by atoms with Gasteiger partial charge in [0.05, 0.1) is 15.1 Å². The van der Waals surface area contributed by atoms with Crippen LogP contribution in [0.1, 0.15) is 22.8 Å². The van der Waals surface area contributed by atoms with Gasteiger partial charge in [-0.25, -0.2) is 5.43 Å². The van der Waals surface area contributed by atoms with Crippen LogP contribution in [0.15, 0.2) is 46.0 Å². The van der Waals surface area contributed by atoms with Crippen LogP contribution in [0, 0.1) is 10.1 Å². The highest BCUT2D eigenvalue weighted by Gasteiger charge is 2.14. The number of carbonyl (C=O) groups is 1. The van der Waals surface area contributed by atoms with E-state index in [1.54, 1.807) is 13.0 Å². The van der Waals surface area contributed by atoms with Crippen LogP contribution in [0.5, 0.6) is 11.5 Å². The number of nitrogens with zero attached hydrogens (tertiary/aromatic N) is 2. The Hall–Kier alpha value is -2.94. The van der Waals surface area contributed by atoms with Gasteiger partial charge in [0.15, 0.2) is 11.5 Å². The maximum atomic E-state index is 11.9. The Bertz CT molecular complexity index is 851. The minimum atomic E-state index is -0.601. The summed E-state index contributed by atoms with van der Waals surface area (Å²) in [4.78, 5) is 22.3. The Kier molecular flexibility index (Phi) is 5.14. The molecule has 3 N–H and O–H groups in total. The van der Waals surface area contributed by atoms with E-state index in [1.165, 1.54) is 24.3 Å². The van der Waals surface area contributed by atoms with Crippen LogP contribution in [0.2, 0.25) is 0 Å². The number of carbonyl (C=O) groups excluding carboxylic acids is 1. The van der Waals surface area contributed by atoms with Gasteiger partial charge < -0.3 is 10.2 Å². The quantitative estimate of drug-likeness (QED) is 0.318. The molecule has 24 heavy (non-hydrogen) atoms. The van der Waals surface area contributed by atoms with Crippen molar-refractivity contribution < 1.29 is 19.9 Å². The number of amides is 1. The SMILES string of the molecule is CC(=NNC(=O)c1ccc(O)c(O)c1)c1ccc(Br)c([N+](=O)[O-])c1. The fraction of sp³-hybridized carbons (Fsp3) is 0.0667. The van der Waals surface area contributed by atoms with Crippen LogP contribution in [0.4, 0.5) is 5.69 Å². The van der Waals surface area contributed by atoms with Crippen molar-refractivity contribution in [3.63, 3.8) is 0 Å². The normalized spacial score (nSPS) is 11.2. The number of phenolic OH excluding ortho intramolecular Hbond substituents is 2. The summed E-state index contributed by atoms with van der Waals surface area (Å²) in [5, 5.41) is 33.4. The molecule has 0 heterocycles. The molecule has 0 radical (unpaired) electrons. The first-order valence-electron chi connectivity index (χ1n) is 6.60. The number of hydrogen-bond donors (Lipinski definition) is 3. The van der Waals surface area contributed by atoms with Crippen molar-refractivity contribution in [3.05, 3.63) is 62.1 Å². The van der Waals surface area contributed by atoms with Gasteiger partial charge in [-0.05, 0) is 47.1 Å². The number of hydrazone groups is 1. The van der Waals surface area contributed by atoms with Crippen LogP contribution in [0.25, 0.3) is 0 Å². The molecule has 0 saturated carbocycles. The highest BCUT2D eigenvalue weighted by molar-refractivity contribution is 9.10. The topological polar surface area (TPSA) is 125 Å². The van der Waals surface area contributed by atoms with Crippen molar-refractivity contribution in [1.29, 1.82) is 0 Å². The third kappa shape index (κ3) is 3.87. The largest absolute Gasteiger partial charge is 0.504 e. The molecule has 2 aromatic carbocycles. The number of rotatable bonds is 4. The van der Waals surface area contributed by atoms with E-state index in [0.717, 1.165) is 6.07 Å². The summed E-state index contributed by atoms with van der Waals surface area (Å²) in [5.74, 6) is -1.36. The molecule has 0 saturated heterocycles. The highest BCUT2D eigenvalue weighted by Crippen LogP contribution is 2.26. The molecule has 2 aromatic rings. The lowest BCUT2D eigenvalue weighted by Gasteiger charge is -2.05. The van der Waals surface area contributed by atoms with Gasteiger partial charge >= 0.3 is 0 Å². The second kappa shape index (κ2) is 7.09. The zero-order valence-electron chi connectivity index (χ0n) is 12.4. The Morgan fingerprint density at radius 2 is 1.83 bits per heavy atom. The van der Waals surface area contributed by atoms with Crippen molar-refractivity contribution >= 4 is 33.2 Å². The number of nitrogens with one attached hydrogen (secondary N) is 1. The molecule has 1 amide bonds. The number of nitro benzene ring substituents is 1. The monoisotopic (exact) mass is 393 g/mol. The Balaban J connectivity index is 2.19. The number of nitro groups is 1. The van der Waals surface area contributed by atoms with Gasteiger partial charge in [0.25, 0.3) is 11.6 Å². The van der Waals surface area contributed by atoms with E-state index in [9.17, 15) is 25.1 Å². The van der Waals surface area contributed by atoms with Crippen LogP contribution < -0.4 is 5.43 Å². The zero-order chi connectivity index (χ0) is 17.9. The second-order valence-electron chi connectivity index (χ2n) is 4.76. The Morgan fingerprint density at radius 1 is 1.17 bits per heavy atom. The second-order valence-corrected chi connectivity index (χ2v) is 5.62. The molecule has 0 spiro atoms. The highest BCUT2D eigenvalue weighted by atomic mass is 79.9. The van der Waals surface area contributed by atoms with Gasteiger partial charge in [-0.2, -0.15) is 5.10 Å². The van der Waals surface area contributed by atoms with E-state index in [0.29, 0.717) is 15.7 Å². The van der Waals surface area contributed by atoms with E-state index in [4.69, 9.17) is 0 Å². The maximum absolute atomic E-state index is 11.9. The van der Waals surface area contributed by atoms with Gasteiger partial charge in [-0.1, -0.05) is 6.07 Å². The van der Waals surface area contributed by atoms with Crippen molar-refractivity contribution in [2.24, 2.45) is 5.10 Å². The van der Waals surface area contributed by atoms with Gasteiger partial charge in [-0.15, -0.1) is 0 Å². The van der Waals surface area contributed by atoms with Crippen LogP contribution in [-0.2, 0) is 0 Å². The van der Waals surface area contributed by atoms with E-state index in [2.05, 4.69) is 26.5 Å². The van der Waals surface area contributed by atoms with Crippen LogP contribution in [0.3, 0.4) is 0 Å². The number of halogens is 1. The van der Waals surface area contributed by atoms with Gasteiger partial charge in [0, 0.05) is 17.2 Å². The summed E-state index contributed by atoms with van der Waals surface area (Å²) in [6.45, 7) is 1.58. The smallest absolute Gasteiger partial charge is 0.284 e. The molecule has 0 aliphatic heterocycles. The van der Waals surface area contributed by atoms with Crippen LogP contribution in [-0.4, -0.2) is 26.8 Å². The van der Waals surface area contributed by atoms with Crippen molar-refractivity contribution in [2.45, 2.75) is 6.92 Å². The zero-order valence-corrected chi connectivity index (χ0v) is 13.9. The lowest BCUT2D eigenvalue weighted by molar-refractivity contribution is -0.385. The lowest BCUT2D eigenvalue weighted by Crippen LogP contribution is -2.19. The summed E-state index contributed by atoms with van der Waals surface area (Å²) in [6.07, 6.45) is 0. The van der Waals surface area contributed by atoms with E-state index < -0.39 is 16.6 Å². The van der Waals surface area contributed by atoms with Crippen LogP contribution >= 0.6 is 15.9 Å². The number of phenols is 2. The molecule has 0 atom stereocenters. The molecule has 0 fully saturated rings. The van der Waals surface area contributed by atoms with Crippen molar-refractivity contribution in [2.75, 3.05) is 0 Å². The predicted octanol–water partition coefficient (Wildman–Crippen LogP) is 2.92. The first-order valence-corrected chi connectivity index (χ1v) is 7.40. The molecule has 2 rings (SSSR count). The first-order chi connectivity index (χ1) is 11.3. The molecule has 0 aliphatic rings. The summed E-state index contributed by atoms with van der Waals surface area (Å²) in [5.41, 5.74) is 3.10. The minimum absolute atomic E-state index is 0.101. The molecule has 0 aromatic heterocycles. The molecule has 0 bridgehead atoms. The van der Waals surface area contributed by atoms with Gasteiger partial charge in [-0.3, -0.25) is 14.9 Å². The standard InChI is InChI=1S/C15H12BrN3O5/c1-8(9-2-4-11(16)12(6-9)19(23)24)17-18-15(22)10-3-5-13(20)14(21)7-10/h2-7,20-21H,1H3,(H,18,22). The first kappa shape index (κ1) is 17.4. The van der Waals surface area contributed by atoms with Gasteiger partial charge in [0.2, 0.25) is 0 Å². The van der Waals surface area contributed by atoms with E-state index in [-0.39, 0.29) is 17.0 Å². The number of aromatic hydroxyl groups is 2. The third-order valence-electron chi connectivity index (χ3n) is 3.12. The predicted molar refractivity (Wildman–Crippen MR) is 90.2 cm³/mol. The molecule has 8 nitrogen and oxygen atoms in total. The molecule has 124 valence electrons. The molecular weight excluding hydrogens is 382 g/mol. The molecule has 0 unspecified atom stereocenters. The van der Waals surface area contributed by atoms with E-state index in [1.807, 2.05) is 0 Å². The van der Waals surface area contributed by atoms with Crippen molar-refractivity contribution in [1.82, 2.24) is 5.43 Å². The average molecular weight is 394 g/mol. The average Bonchev–Trinajstić information content (AvgIpc) is 2.55. The lowest BCUT2D eigenvalue weighted by atomic mass is 10.1. The Morgan fingerprint density at radius 3 is 2.46 bits per heavy atom.